The molecule has 8 nitrogen and oxygen atoms in total. The van der Waals surface area contributed by atoms with Gasteiger partial charge in [-0.25, -0.2) is 9.59 Å². The van der Waals surface area contributed by atoms with Gasteiger partial charge in [-0.3, -0.25) is 0 Å². The molecule has 36 heavy (non-hydrogen) atoms. The van der Waals surface area contributed by atoms with Crippen molar-refractivity contribution in [3.63, 3.8) is 0 Å². The lowest BCUT2D eigenvalue weighted by molar-refractivity contribution is -0.274. The molecule has 2 aromatic rings. The van der Waals surface area contributed by atoms with Crippen LogP contribution in [0.25, 0.3) is 0 Å². The summed E-state index contributed by atoms with van der Waals surface area (Å²) in [7, 11) is 0. The van der Waals surface area contributed by atoms with E-state index >= 15 is 0 Å². The van der Waals surface area contributed by atoms with E-state index in [0.717, 1.165) is 24.5 Å². The summed E-state index contributed by atoms with van der Waals surface area (Å²) in [5.41, 5.74) is 0.696. The topological polar surface area (TPSA) is 97.3 Å². The number of hydrogen-bond donors (Lipinski definition) is 2. The summed E-state index contributed by atoms with van der Waals surface area (Å²) < 4.78 is 53.0. The number of ether oxygens (including phenoxy) is 3. The molecule has 0 aliphatic heterocycles. The van der Waals surface area contributed by atoms with Crippen molar-refractivity contribution in [2.75, 3.05) is 31.6 Å². The van der Waals surface area contributed by atoms with Crippen LogP contribution in [0, 0.1) is 5.92 Å². The first-order chi connectivity index (χ1) is 17.1. The number of nitrogens with one attached hydrogen (secondary N) is 1. The zero-order valence-corrected chi connectivity index (χ0v) is 19.8. The van der Waals surface area contributed by atoms with Gasteiger partial charge in [0.1, 0.15) is 12.4 Å². The second-order valence-corrected chi connectivity index (χ2v) is 8.34. The van der Waals surface area contributed by atoms with Crippen LogP contribution in [0.15, 0.2) is 48.5 Å². The monoisotopic (exact) mass is 510 g/mol. The molecule has 1 aliphatic carbocycles. The van der Waals surface area contributed by atoms with Gasteiger partial charge in [0, 0.05) is 19.6 Å². The molecule has 1 fully saturated rings. The molecular formula is C25H29F3N2O6. The van der Waals surface area contributed by atoms with E-state index in [1.165, 1.54) is 23.1 Å². The van der Waals surface area contributed by atoms with Crippen LogP contribution >= 0.6 is 0 Å². The first-order valence-electron chi connectivity index (χ1n) is 11.6. The molecule has 0 bridgehead atoms. The molecule has 0 radical (unpaired) electrons. The molecule has 1 unspecified atom stereocenters. The van der Waals surface area contributed by atoms with Crippen LogP contribution in [0.5, 0.6) is 11.5 Å². The van der Waals surface area contributed by atoms with Crippen LogP contribution in [-0.2, 0) is 16.0 Å². The highest BCUT2D eigenvalue weighted by Crippen LogP contribution is 2.32. The molecule has 196 valence electrons. The Hall–Kier alpha value is -3.47. The minimum atomic E-state index is -4.88. The number of halogens is 3. The number of carbonyl (C=O) groups excluding carboxylic acids is 1. The molecule has 2 amide bonds. The van der Waals surface area contributed by atoms with Gasteiger partial charge in [-0.15, -0.1) is 13.2 Å². The number of alkyl halides is 3. The van der Waals surface area contributed by atoms with Gasteiger partial charge in [-0.05, 0) is 55.5 Å². The predicted molar refractivity (Wildman–Crippen MR) is 125 cm³/mol. The maximum absolute atomic E-state index is 12.9. The van der Waals surface area contributed by atoms with Gasteiger partial charge in [0.2, 0.25) is 0 Å². The quantitative estimate of drug-likeness (QED) is 0.396. The van der Waals surface area contributed by atoms with Crippen molar-refractivity contribution in [2.24, 2.45) is 5.92 Å². The molecule has 1 saturated carbocycles. The van der Waals surface area contributed by atoms with E-state index in [-0.39, 0.29) is 25.3 Å². The molecule has 2 aromatic carbocycles. The van der Waals surface area contributed by atoms with E-state index in [1.54, 1.807) is 31.2 Å². The summed E-state index contributed by atoms with van der Waals surface area (Å²) >= 11 is 0. The molecular weight excluding hydrogens is 481 g/mol. The number of amides is 2. The fourth-order valence-corrected chi connectivity index (χ4v) is 3.49. The number of carboxylic acid groups (broad SMARTS) is 1. The molecule has 11 heteroatoms. The Morgan fingerprint density at radius 2 is 1.83 bits per heavy atom. The highest BCUT2D eigenvalue weighted by atomic mass is 19.4. The molecule has 0 saturated heterocycles. The summed E-state index contributed by atoms with van der Waals surface area (Å²) in [6.07, 6.45) is -3.62. The van der Waals surface area contributed by atoms with Crippen LogP contribution in [0.1, 0.15) is 25.3 Å². The lowest BCUT2D eigenvalue weighted by Crippen LogP contribution is -2.39. The lowest BCUT2D eigenvalue weighted by Gasteiger charge is -2.24. The van der Waals surface area contributed by atoms with E-state index in [0.29, 0.717) is 24.8 Å². The van der Waals surface area contributed by atoms with Gasteiger partial charge in [0.15, 0.2) is 11.9 Å². The highest BCUT2D eigenvalue weighted by Gasteiger charge is 2.33. The third kappa shape index (κ3) is 8.95. The zero-order valence-electron chi connectivity index (χ0n) is 19.8. The molecule has 0 heterocycles. The average molecular weight is 511 g/mol. The Kier molecular flexibility index (Phi) is 9.40. The average Bonchev–Trinajstić information content (AvgIpc) is 3.63. The first kappa shape index (κ1) is 27.1. The number of nitrogens with zero attached hydrogens (tertiary/aromatic N) is 1. The summed E-state index contributed by atoms with van der Waals surface area (Å²) in [5, 5.41) is 11.7. The molecule has 1 atom stereocenters. The number of urea groups is 1. The lowest BCUT2D eigenvalue weighted by atomic mass is 10.1. The number of hydrogen-bond acceptors (Lipinski definition) is 5. The van der Waals surface area contributed by atoms with Crippen molar-refractivity contribution in [2.45, 2.75) is 38.7 Å². The zero-order chi connectivity index (χ0) is 26.1. The first-order valence-corrected chi connectivity index (χ1v) is 11.6. The minimum Gasteiger partial charge on any atom is -0.492 e. The summed E-state index contributed by atoms with van der Waals surface area (Å²) in [6.45, 7) is 2.87. The van der Waals surface area contributed by atoms with E-state index in [4.69, 9.17) is 9.47 Å². The SMILES string of the molecule is CCOC(Cc1ccc(OCCN(CC2CC2)C(=O)Nc2ccccc2OC(F)(F)F)cc1)C(=O)O. The number of carbonyl (C=O) groups is 2. The second-order valence-electron chi connectivity index (χ2n) is 8.34. The van der Waals surface area contributed by atoms with Crippen molar-refractivity contribution < 1.29 is 42.1 Å². The summed E-state index contributed by atoms with van der Waals surface area (Å²) in [5.74, 6) is -0.628. The minimum absolute atomic E-state index is 0.0798. The number of anilines is 1. The van der Waals surface area contributed by atoms with Crippen LogP contribution in [0.4, 0.5) is 23.7 Å². The Morgan fingerprint density at radius 3 is 2.44 bits per heavy atom. The summed E-state index contributed by atoms with van der Waals surface area (Å²) in [6, 6.07) is 11.7. The Bertz CT molecular complexity index is 1010. The van der Waals surface area contributed by atoms with Gasteiger partial charge in [0.05, 0.1) is 12.2 Å². The van der Waals surface area contributed by atoms with Crippen LogP contribution < -0.4 is 14.8 Å². The number of rotatable bonds is 13. The van der Waals surface area contributed by atoms with E-state index in [1.807, 2.05) is 0 Å². The summed E-state index contributed by atoms with van der Waals surface area (Å²) in [4.78, 5) is 25.6. The maximum atomic E-state index is 12.9. The van der Waals surface area contributed by atoms with Gasteiger partial charge in [0.25, 0.3) is 0 Å². The fourth-order valence-electron chi connectivity index (χ4n) is 3.49. The van der Waals surface area contributed by atoms with Crippen LogP contribution in [-0.4, -0.2) is 60.8 Å². The van der Waals surface area contributed by atoms with E-state index in [9.17, 15) is 27.9 Å². The van der Waals surface area contributed by atoms with E-state index in [2.05, 4.69) is 10.1 Å². The number of aliphatic carboxylic acids is 1. The van der Waals surface area contributed by atoms with Crippen LogP contribution in [0.3, 0.4) is 0 Å². The molecule has 1 aliphatic rings. The van der Waals surface area contributed by atoms with Gasteiger partial charge in [-0.1, -0.05) is 24.3 Å². The standard InChI is InChI=1S/C25H29F3N2O6/c1-2-34-22(23(31)32)15-17-9-11-19(12-10-17)35-14-13-30(16-18-7-8-18)24(33)29-20-5-3-4-6-21(20)36-25(26,27)28/h3-6,9-12,18,22H,2,7-8,13-16H2,1H3,(H,29,33)(H,31,32). The Labute approximate surface area is 206 Å². The molecule has 0 spiro atoms. The highest BCUT2D eigenvalue weighted by molar-refractivity contribution is 5.91. The third-order valence-electron chi connectivity index (χ3n) is 5.43. The Balaban J connectivity index is 1.55. The number of para-hydroxylation sites is 2. The second kappa shape index (κ2) is 12.5. The van der Waals surface area contributed by atoms with Crippen LogP contribution in [0.2, 0.25) is 0 Å². The van der Waals surface area contributed by atoms with Crippen molar-refractivity contribution in [3.8, 4) is 11.5 Å². The van der Waals surface area contributed by atoms with Crippen molar-refractivity contribution in [1.29, 1.82) is 0 Å². The fraction of sp³-hybridized carbons (Fsp3) is 0.440. The predicted octanol–water partition coefficient (Wildman–Crippen LogP) is 4.94. The van der Waals surface area contributed by atoms with Gasteiger partial charge < -0.3 is 29.5 Å². The van der Waals surface area contributed by atoms with E-state index < -0.39 is 30.2 Å². The smallest absolute Gasteiger partial charge is 0.492 e. The number of carboxylic acids is 1. The Morgan fingerprint density at radius 1 is 1.14 bits per heavy atom. The van der Waals surface area contributed by atoms with Crippen molar-refractivity contribution in [3.05, 3.63) is 54.1 Å². The molecule has 0 aromatic heterocycles. The maximum Gasteiger partial charge on any atom is 0.573 e. The molecule has 2 N–H and O–H groups in total. The van der Waals surface area contributed by atoms with Gasteiger partial charge >= 0.3 is 18.4 Å². The van der Waals surface area contributed by atoms with Crippen molar-refractivity contribution >= 4 is 17.7 Å². The van der Waals surface area contributed by atoms with Crippen molar-refractivity contribution in [1.82, 2.24) is 4.90 Å². The molecule has 3 rings (SSSR count). The third-order valence-corrected chi connectivity index (χ3v) is 5.43. The normalized spacial score (nSPS) is 14.1. The largest absolute Gasteiger partial charge is 0.573 e. The van der Waals surface area contributed by atoms with Gasteiger partial charge in [-0.2, -0.15) is 0 Å². The number of benzene rings is 2.